The number of nitrogens with one attached hydrogen (secondary N) is 1. The Labute approximate surface area is 153 Å². The summed E-state index contributed by atoms with van der Waals surface area (Å²) >= 11 is 1.53. The molecule has 1 saturated heterocycles. The van der Waals surface area contributed by atoms with Crippen LogP contribution >= 0.6 is 11.9 Å². The van der Waals surface area contributed by atoms with Gasteiger partial charge in [0, 0.05) is 24.5 Å². The maximum absolute atomic E-state index is 12.3. The highest BCUT2D eigenvalue weighted by Crippen LogP contribution is 2.30. The lowest BCUT2D eigenvalue weighted by molar-refractivity contribution is 0.0186. The molecule has 0 aliphatic carbocycles. The van der Waals surface area contributed by atoms with Gasteiger partial charge in [0.15, 0.2) is 0 Å². The minimum absolute atomic E-state index is 0.268. The van der Waals surface area contributed by atoms with Crippen molar-refractivity contribution in [2.75, 3.05) is 38.8 Å². The normalized spacial score (nSPS) is 19.4. The number of anilines is 1. The van der Waals surface area contributed by atoms with Crippen LogP contribution in [0.5, 0.6) is 0 Å². The number of benzene rings is 1. The lowest BCUT2D eigenvalue weighted by Gasteiger charge is -2.26. The van der Waals surface area contributed by atoms with Gasteiger partial charge >= 0.3 is 6.09 Å². The molecule has 1 unspecified atom stereocenters. The highest BCUT2D eigenvalue weighted by Gasteiger charge is 2.28. The highest BCUT2D eigenvalue weighted by atomic mass is 32.2. The molecule has 1 aliphatic heterocycles. The molecule has 1 fully saturated rings. The molecular formula is C17H27N3O4S. The SMILES string of the molecule is CONc1ccccc1SN1CCN(C(=O)OC(C)(C)C)CC(O)C1. The smallest absolute Gasteiger partial charge is 0.410 e. The summed E-state index contributed by atoms with van der Waals surface area (Å²) in [6.45, 7) is 7.36. The topological polar surface area (TPSA) is 74.3 Å². The van der Waals surface area contributed by atoms with Crippen LogP contribution in [0.3, 0.4) is 0 Å². The number of ether oxygens (including phenoxy) is 1. The van der Waals surface area contributed by atoms with Crippen LogP contribution < -0.4 is 5.48 Å². The zero-order valence-electron chi connectivity index (χ0n) is 15.2. The molecule has 2 rings (SSSR count). The van der Waals surface area contributed by atoms with Crippen LogP contribution in [-0.2, 0) is 9.57 Å². The Hall–Kier alpha value is -1.48. The number of aliphatic hydroxyl groups is 1. The third-order valence-corrected chi connectivity index (χ3v) is 4.59. The monoisotopic (exact) mass is 369 g/mol. The first-order valence-electron chi connectivity index (χ1n) is 8.25. The summed E-state index contributed by atoms with van der Waals surface area (Å²) in [7, 11) is 1.57. The first-order valence-corrected chi connectivity index (χ1v) is 9.03. The van der Waals surface area contributed by atoms with Gasteiger partial charge in [0.05, 0.1) is 25.4 Å². The van der Waals surface area contributed by atoms with Crippen molar-refractivity contribution in [1.82, 2.24) is 9.21 Å². The zero-order valence-corrected chi connectivity index (χ0v) is 16.0. The summed E-state index contributed by atoms with van der Waals surface area (Å²) in [5, 5.41) is 10.3. The molecule has 2 N–H and O–H groups in total. The van der Waals surface area contributed by atoms with Gasteiger partial charge in [0.1, 0.15) is 5.60 Å². The van der Waals surface area contributed by atoms with Crippen LogP contribution in [0.1, 0.15) is 20.8 Å². The van der Waals surface area contributed by atoms with Crippen molar-refractivity contribution in [1.29, 1.82) is 0 Å². The van der Waals surface area contributed by atoms with Crippen LogP contribution in [-0.4, -0.2) is 65.4 Å². The fraction of sp³-hybridized carbons (Fsp3) is 0.588. The predicted octanol–water partition coefficient (Wildman–Crippen LogP) is 2.58. The van der Waals surface area contributed by atoms with Gasteiger partial charge in [-0.05, 0) is 44.9 Å². The number of hydrogen-bond donors (Lipinski definition) is 2. The number of rotatable bonds is 4. The molecule has 1 amide bonds. The van der Waals surface area contributed by atoms with E-state index in [0.717, 1.165) is 10.6 Å². The molecule has 0 spiro atoms. The maximum Gasteiger partial charge on any atom is 0.410 e. The van der Waals surface area contributed by atoms with Crippen LogP contribution in [0.4, 0.5) is 10.5 Å². The molecule has 7 nitrogen and oxygen atoms in total. The number of carbonyl (C=O) groups excluding carboxylic acids is 1. The minimum Gasteiger partial charge on any atom is -0.444 e. The van der Waals surface area contributed by atoms with Gasteiger partial charge in [-0.1, -0.05) is 12.1 Å². The Bertz CT molecular complexity index is 579. The molecule has 1 aromatic rings. The van der Waals surface area contributed by atoms with Gasteiger partial charge in [0.25, 0.3) is 0 Å². The van der Waals surface area contributed by atoms with Crippen LogP contribution in [0.15, 0.2) is 29.2 Å². The van der Waals surface area contributed by atoms with Gasteiger partial charge in [0.2, 0.25) is 0 Å². The fourth-order valence-electron chi connectivity index (χ4n) is 2.42. The number of para-hydroxylation sites is 1. The Balaban J connectivity index is 2.00. The number of hydrogen-bond acceptors (Lipinski definition) is 7. The molecule has 140 valence electrons. The summed E-state index contributed by atoms with van der Waals surface area (Å²) < 4.78 is 7.46. The van der Waals surface area contributed by atoms with Gasteiger partial charge in [-0.25, -0.2) is 9.10 Å². The zero-order chi connectivity index (χ0) is 18.4. The average Bonchev–Trinajstić information content (AvgIpc) is 2.69. The second kappa shape index (κ2) is 8.75. The van der Waals surface area contributed by atoms with Crippen molar-refractivity contribution in [2.45, 2.75) is 37.4 Å². The first kappa shape index (κ1) is 19.8. The van der Waals surface area contributed by atoms with Gasteiger partial charge in [-0.3, -0.25) is 10.3 Å². The molecule has 25 heavy (non-hydrogen) atoms. The summed E-state index contributed by atoms with van der Waals surface area (Å²) in [6, 6.07) is 7.78. The lowest BCUT2D eigenvalue weighted by Crippen LogP contribution is -2.41. The molecule has 0 radical (unpaired) electrons. The van der Waals surface area contributed by atoms with E-state index < -0.39 is 11.7 Å². The lowest BCUT2D eigenvalue weighted by atomic mass is 10.2. The molecule has 1 aliphatic rings. The molecule has 1 aromatic carbocycles. The van der Waals surface area contributed by atoms with E-state index in [1.807, 2.05) is 49.3 Å². The summed E-state index contributed by atoms with van der Waals surface area (Å²) in [5.74, 6) is 0. The molecular weight excluding hydrogens is 342 g/mol. The Morgan fingerprint density at radius 1 is 1.28 bits per heavy atom. The molecule has 1 heterocycles. The quantitative estimate of drug-likeness (QED) is 0.624. The van der Waals surface area contributed by atoms with E-state index in [1.165, 1.54) is 11.9 Å². The number of nitrogens with zero attached hydrogens (tertiary/aromatic N) is 2. The highest BCUT2D eigenvalue weighted by molar-refractivity contribution is 7.97. The van der Waals surface area contributed by atoms with Crippen LogP contribution in [0, 0.1) is 0 Å². The van der Waals surface area contributed by atoms with E-state index in [2.05, 4.69) is 5.48 Å². The standard InChI is InChI=1S/C17H27N3O4S/c1-17(2,3)24-16(22)19-9-10-20(12-13(21)11-19)25-15-8-6-5-7-14(15)18-23-4/h5-8,13,18,21H,9-12H2,1-4H3. The number of aliphatic hydroxyl groups excluding tert-OH is 1. The van der Waals surface area contributed by atoms with Crippen LogP contribution in [0.2, 0.25) is 0 Å². The van der Waals surface area contributed by atoms with Crippen molar-refractivity contribution in [3.63, 3.8) is 0 Å². The summed E-state index contributed by atoms with van der Waals surface area (Å²) in [6.07, 6.45) is -1.02. The Kier molecular flexibility index (Phi) is 6.95. The molecule has 1 atom stereocenters. The maximum atomic E-state index is 12.3. The van der Waals surface area contributed by atoms with E-state index in [1.54, 1.807) is 12.0 Å². The predicted molar refractivity (Wildman–Crippen MR) is 98.3 cm³/mol. The molecule has 8 heteroatoms. The number of β-amino-alcohol motifs (C(OH)–C–C–N with tert-alkyl or cyclic N) is 1. The second-order valence-electron chi connectivity index (χ2n) is 6.86. The summed E-state index contributed by atoms with van der Waals surface area (Å²) in [5.41, 5.74) is 3.16. The van der Waals surface area contributed by atoms with Crippen molar-refractivity contribution in [2.24, 2.45) is 0 Å². The van der Waals surface area contributed by atoms with Gasteiger partial charge in [-0.15, -0.1) is 0 Å². The van der Waals surface area contributed by atoms with Gasteiger partial charge < -0.3 is 14.7 Å². The van der Waals surface area contributed by atoms with E-state index in [4.69, 9.17) is 9.57 Å². The fourth-order valence-corrected chi connectivity index (χ4v) is 3.46. The average molecular weight is 369 g/mol. The Morgan fingerprint density at radius 3 is 2.68 bits per heavy atom. The molecule has 0 bridgehead atoms. The third-order valence-electron chi connectivity index (χ3n) is 3.44. The van der Waals surface area contributed by atoms with Crippen molar-refractivity contribution in [3.8, 4) is 0 Å². The third kappa shape index (κ3) is 6.39. The van der Waals surface area contributed by atoms with E-state index in [9.17, 15) is 9.90 Å². The van der Waals surface area contributed by atoms with Crippen LogP contribution in [0.25, 0.3) is 0 Å². The van der Waals surface area contributed by atoms with Crippen molar-refractivity contribution >= 4 is 23.7 Å². The van der Waals surface area contributed by atoms with E-state index in [-0.39, 0.29) is 12.6 Å². The molecule has 0 saturated carbocycles. The van der Waals surface area contributed by atoms with E-state index in [0.29, 0.717) is 19.6 Å². The minimum atomic E-state index is -0.634. The largest absolute Gasteiger partial charge is 0.444 e. The number of carbonyl (C=O) groups is 1. The molecule has 0 aromatic heterocycles. The van der Waals surface area contributed by atoms with Crippen molar-refractivity contribution in [3.05, 3.63) is 24.3 Å². The number of amides is 1. The Morgan fingerprint density at radius 2 is 2.00 bits per heavy atom. The summed E-state index contributed by atoms with van der Waals surface area (Å²) in [4.78, 5) is 19.8. The first-order chi connectivity index (χ1) is 11.8. The van der Waals surface area contributed by atoms with Crippen molar-refractivity contribution < 1.29 is 19.5 Å². The second-order valence-corrected chi connectivity index (χ2v) is 8.00. The van der Waals surface area contributed by atoms with Gasteiger partial charge in [-0.2, -0.15) is 0 Å². The van der Waals surface area contributed by atoms with E-state index >= 15 is 0 Å².